The largest absolute Gasteiger partial charge is 0.486 e. The molecule has 1 aromatic carbocycles. The van der Waals surface area contributed by atoms with Crippen LogP contribution >= 0.6 is 0 Å². The standard InChI is InChI=1S/C17H18F3N3O/c1-12-5-4-6-15(17(18,19)20)14(12)11-24-13-9-21-16(22-10-13)23-7-2-3-8-23/h4-6,9-10H,2-3,7-8,11H2,1H3. The zero-order valence-electron chi connectivity index (χ0n) is 13.3. The van der Waals surface area contributed by atoms with Gasteiger partial charge >= 0.3 is 6.18 Å². The molecule has 4 nitrogen and oxygen atoms in total. The van der Waals surface area contributed by atoms with E-state index in [1.807, 2.05) is 0 Å². The summed E-state index contributed by atoms with van der Waals surface area (Å²) >= 11 is 0. The van der Waals surface area contributed by atoms with Crippen molar-refractivity contribution < 1.29 is 17.9 Å². The van der Waals surface area contributed by atoms with E-state index in [9.17, 15) is 13.2 Å². The first kappa shape index (κ1) is 16.5. The van der Waals surface area contributed by atoms with Crippen LogP contribution in [0.25, 0.3) is 0 Å². The SMILES string of the molecule is Cc1cccc(C(F)(F)F)c1COc1cnc(N2CCCC2)nc1. The van der Waals surface area contributed by atoms with Gasteiger partial charge in [-0.3, -0.25) is 0 Å². The highest BCUT2D eigenvalue weighted by atomic mass is 19.4. The molecule has 0 amide bonds. The molecule has 0 bridgehead atoms. The minimum absolute atomic E-state index is 0.133. The minimum atomic E-state index is -4.40. The molecule has 0 unspecified atom stereocenters. The number of benzene rings is 1. The van der Waals surface area contributed by atoms with Gasteiger partial charge in [0.2, 0.25) is 5.95 Å². The maximum Gasteiger partial charge on any atom is 0.416 e. The fraction of sp³-hybridized carbons (Fsp3) is 0.412. The zero-order chi connectivity index (χ0) is 17.2. The molecule has 1 saturated heterocycles. The number of hydrogen-bond donors (Lipinski definition) is 0. The lowest BCUT2D eigenvalue weighted by Crippen LogP contribution is -2.20. The molecular weight excluding hydrogens is 319 g/mol. The lowest BCUT2D eigenvalue weighted by molar-refractivity contribution is -0.138. The highest BCUT2D eigenvalue weighted by Crippen LogP contribution is 2.33. The quantitative estimate of drug-likeness (QED) is 0.846. The Bertz CT molecular complexity index is 695. The Labute approximate surface area is 138 Å². The van der Waals surface area contributed by atoms with Crippen LogP contribution < -0.4 is 9.64 Å². The smallest absolute Gasteiger partial charge is 0.416 e. The van der Waals surface area contributed by atoms with Crippen molar-refractivity contribution in [3.63, 3.8) is 0 Å². The molecule has 0 aliphatic carbocycles. The topological polar surface area (TPSA) is 38.2 Å². The van der Waals surface area contributed by atoms with E-state index in [4.69, 9.17) is 4.74 Å². The Balaban J connectivity index is 1.72. The molecule has 0 spiro atoms. The van der Waals surface area contributed by atoms with E-state index in [-0.39, 0.29) is 12.2 Å². The van der Waals surface area contributed by atoms with Gasteiger partial charge in [-0.1, -0.05) is 12.1 Å². The fourth-order valence-electron chi connectivity index (χ4n) is 2.78. The fourth-order valence-corrected chi connectivity index (χ4v) is 2.78. The van der Waals surface area contributed by atoms with Gasteiger partial charge in [0.15, 0.2) is 5.75 Å². The highest BCUT2D eigenvalue weighted by molar-refractivity contribution is 5.37. The Morgan fingerprint density at radius 1 is 1.12 bits per heavy atom. The van der Waals surface area contributed by atoms with Gasteiger partial charge in [0.1, 0.15) is 6.61 Å². The third kappa shape index (κ3) is 3.60. The Hall–Kier alpha value is -2.31. The predicted octanol–water partition coefficient (Wildman–Crippen LogP) is 3.98. The van der Waals surface area contributed by atoms with Crippen LogP contribution in [-0.2, 0) is 12.8 Å². The molecule has 128 valence electrons. The van der Waals surface area contributed by atoms with Crippen LogP contribution in [0.15, 0.2) is 30.6 Å². The summed E-state index contributed by atoms with van der Waals surface area (Å²) in [5, 5.41) is 0. The summed E-state index contributed by atoms with van der Waals surface area (Å²) in [6.45, 7) is 3.32. The van der Waals surface area contributed by atoms with Crippen molar-refractivity contribution >= 4 is 5.95 Å². The molecule has 0 N–H and O–H groups in total. The molecule has 7 heteroatoms. The number of rotatable bonds is 4. The van der Waals surface area contributed by atoms with Gasteiger partial charge in [0, 0.05) is 18.7 Å². The second-order valence-electron chi connectivity index (χ2n) is 5.80. The van der Waals surface area contributed by atoms with E-state index < -0.39 is 11.7 Å². The number of alkyl halides is 3. The number of hydrogen-bond acceptors (Lipinski definition) is 4. The number of ether oxygens (including phenoxy) is 1. The zero-order valence-corrected chi connectivity index (χ0v) is 13.3. The van der Waals surface area contributed by atoms with Gasteiger partial charge < -0.3 is 9.64 Å². The number of nitrogens with zero attached hydrogens (tertiary/aromatic N) is 3. The van der Waals surface area contributed by atoms with Crippen LogP contribution in [0.4, 0.5) is 19.1 Å². The van der Waals surface area contributed by atoms with E-state index in [0.29, 0.717) is 17.3 Å². The first-order valence-corrected chi connectivity index (χ1v) is 7.80. The van der Waals surface area contributed by atoms with Gasteiger partial charge in [-0.05, 0) is 31.4 Å². The number of aryl methyl sites for hydroxylation is 1. The molecule has 3 rings (SSSR count). The second-order valence-corrected chi connectivity index (χ2v) is 5.80. The minimum Gasteiger partial charge on any atom is -0.486 e. The molecule has 1 aromatic heterocycles. The van der Waals surface area contributed by atoms with Crippen molar-refractivity contribution in [1.29, 1.82) is 0 Å². The third-order valence-corrected chi connectivity index (χ3v) is 4.10. The summed E-state index contributed by atoms with van der Waals surface area (Å²) in [7, 11) is 0. The molecule has 1 aliphatic rings. The molecular formula is C17H18F3N3O. The molecule has 2 aromatic rings. The van der Waals surface area contributed by atoms with Gasteiger partial charge in [-0.25, -0.2) is 9.97 Å². The van der Waals surface area contributed by atoms with E-state index in [0.717, 1.165) is 32.0 Å². The normalized spacial score (nSPS) is 14.9. The van der Waals surface area contributed by atoms with Crippen molar-refractivity contribution in [1.82, 2.24) is 9.97 Å². The molecule has 1 aliphatic heterocycles. The third-order valence-electron chi connectivity index (χ3n) is 4.10. The van der Waals surface area contributed by atoms with E-state index >= 15 is 0 Å². The molecule has 2 heterocycles. The van der Waals surface area contributed by atoms with Crippen LogP contribution in [0.2, 0.25) is 0 Å². The highest BCUT2D eigenvalue weighted by Gasteiger charge is 2.33. The summed E-state index contributed by atoms with van der Waals surface area (Å²) in [4.78, 5) is 10.5. The Morgan fingerprint density at radius 2 is 1.79 bits per heavy atom. The monoisotopic (exact) mass is 337 g/mol. The lowest BCUT2D eigenvalue weighted by atomic mass is 10.0. The van der Waals surface area contributed by atoms with E-state index in [2.05, 4.69) is 14.9 Å². The Kier molecular flexibility index (Phi) is 4.59. The van der Waals surface area contributed by atoms with Crippen molar-refractivity contribution in [3.8, 4) is 5.75 Å². The number of halogens is 3. The summed E-state index contributed by atoms with van der Waals surface area (Å²) in [6, 6.07) is 4.11. The van der Waals surface area contributed by atoms with Gasteiger partial charge in [-0.2, -0.15) is 13.2 Å². The predicted molar refractivity (Wildman–Crippen MR) is 84.0 cm³/mol. The first-order valence-electron chi connectivity index (χ1n) is 7.80. The van der Waals surface area contributed by atoms with E-state index in [1.54, 1.807) is 13.0 Å². The number of anilines is 1. The van der Waals surface area contributed by atoms with Crippen LogP contribution in [0, 0.1) is 6.92 Å². The number of aromatic nitrogens is 2. The molecule has 0 saturated carbocycles. The van der Waals surface area contributed by atoms with Crippen LogP contribution in [-0.4, -0.2) is 23.1 Å². The average molecular weight is 337 g/mol. The molecule has 0 atom stereocenters. The van der Waals surface area contributed by atoms with Crippen molar-refractivity contribution in [2.24, 2.45) is 0 Å². The lowest BCUT2D eigenvalue weighted by Gasteiger charge is -2.17. The van der Waals surface area contributed by atoms with Crippen molar-refractivity contribution in [2.75, 3.05) is 18.0 Å². The summed E-state index contributed by atoms with van der Waals surface area (Å²) < 4.78 is 44.8. The van der Waals surface area contributed by atoms with Crippen LogP contribution in [0.1, 0.15) is 29.5 Å². The van der Waals surface area contributed by atoms with Gasteiger partial charge in [-0.15, -0.1) is 0 Å². The maximum absolute atomic E-state index is 13.1. The second kappa shape index (κ2) is 6.67. The van der Waals surface area contributed by atoms with Gasteiger partial charge in [0.05, 0.1) is 18.0 Å². The van der Waals surface area contributed by atoms with E-state index in [1.165, 1.54) is 18.5 Å². The average Bonchev–Trinajstić information content (AvgIpc) is 3.07. The first-order chi connectivity index (χ1) is 11.4. The summed E-state index contributed by atoms with van der Waals surface area (Å²) in [6.07, 6.45) is 0.851. The van der Waals surface area contributed by atoms with Crippen LogP contribution in [0.3, 0.4) is 0 Å². The maximum atomic E-state index is 13.1. The molecule has 1 fully saturated rings. The summed E-state index contributed by atoms with van der Waals surface area (Å²) in [5.41, 5.74) is 0.00477. The van der Waals surface area contributed by atoms with Crippen molar-refractivity contribution in [2.45, 2.75) is 32.5 Å². The van der Waals surface area contributed by atoms with Gasteiger partial charge in [0.25, 0.3) is 0 Å². The Morgan fingerprint density at radius 3 is 2.42 bits per heavy atom. The molecule has 0 radical (unpaired) electrons. The van der Waals surface area contributed by atoms with Crippen molar-refractivity contribution in [3.05, 3.63) is 47.3 Å². The summed E-state index contributed by atoms with van der Waals surface area (Å²) in [5.74, 6) is 0.987. The van der Waals surface area contributed by atoms with Crippen LogP contribution in [0.5, 0.6) is 5.75 Å². The molecule has 24 heavy (non-hydrogen) atoms.